The molecule has 4 N–H and O–H groups in total. The molecule has 0 bridgehead atoms. The first-order valence-electron chi connectivity index (χ1n) is 15.8. The second-order valence-corrected chi connectivity index (χ2v) is 12.7. The highest BCUT2D eigenvalue weighted by atomic mass is 32.2. The molecule has 2 amide bonds. The minimum atomic E-state index is -0.538. The van der Waals surface area contributed by atoms with E-state index in [1.807, 2.05) is 48.5 Å². The molecule has 0 radical (unpaired) electrons. The number of benzene rings is 3. The van der Waals surface area contributed by atoms with Gasteiger partial charge in [-0.2, -0.15) is 11.8 Å². The predicted octanol–water partition coefficient (Wildman–Crippen LogP) is 5.68. The van der Waals surface area contributed by atoms with E-state index in [9.17, 15) is 19.8 Å². The zero-order valence-electron chi connectivity index (χ0n) is 26.2. The van der Waals surface area contributed by atoms with Crippen molar-refractivity contribution in [2.45, 2.75) is 71.2 Å². The Bertz CT molecular complexity index is 1350. The SMILES string of the molecule is CC(=O)NCCCCCC(=O)NCc1cccc(-c2ccc([C@@H]3O[C@H](CSCCO)[C@H](C)[C@H](c4ccc(CO)cc4)O3)cc2)c1. The first-order chi connectivity index (χ1) is 21.9. The Morgan fingerprint density at radius 3 is 2.31 bits per heavy atom. The van der Waals surface area contributed by atoms with Gasteiger partial charge in [0.1, 0.15) is 0 Å². The van der Waals surface area contributed by atoms with Crippen molar-refractivity contribution in [3.05, 3.63) is 95.1 Å². The second kappa shape index (κ2) is 18.1. The summed E-state index contributed by atoms with van der Waals surface area (Å²) in [5.41, 5.74) is 5.99. The Hall–Kier alpha value is -3.21. The molecule has 1 fully saturated rings. The quantitative estimate of drug-likeness (QED) is 0.150. The number of hydrogen-bond donors (Lipinski definition) is 4. The Labute approximate surface area is 270 Å². The van der Waals surface area contributed by atoms with E-state index in [1.165, 1.54) is 6.92 Å². The molecule has 8 nitrogen and oxygen atoms in total. The van der Waals surface area contributed by atoms with Crippen LogP contribution < -0.4 is 10.6 Å². The smallest absolute Gasteiger partial charge is 0.220 e. The highest BCUT2D eigenvalue weighted by Crippen LogP contribution is 2.42. The number of rotatable bonds is 16. The van der Waals surface area contributed by atoms with Crippen molar-refractivity contribution in [3.8, 4) is 11.1 Å². The third-order valence-electron chi connectivity index (χ3n) is 8.03. The summed E-state index contributed by atoms with van der Waals surface area (Å²) >= 11 is 1.68. The molecule has 0 aromatic heterocycles. The van der Waals surface area contributed by atoms with E-state index in [1.54, 1.807) is 11.8 Å². The summed E-state index contributed by atoms with van der Waals surface area (Å²) in [6, 6.07) is 24.3. The van der Waals surface area contributed by atoms with Crippen molar-refractivity contribution < 1.29 is 29.3 Å². The van der Waals surface area contributed by atoms with Crippen LogP contribution >= 0.6 is 11.8 Å². The molecular weight excluding hydrogens is 588 g/mol. The summed E-state index contributed by atoms with van der Waals surface area (Å²) in [6.45, 7) is 4.90. The number of unbranched alkanes of at least 4 members (excludes halogenated alkanes) is 2. The van der Waals surface area contributed by atoms with Gasteiger partial charge in [-0.1, -0.05) is 80.1 Å². The summed E-state index contributed by atoms with van der Waals surface area (Å²) in [7, 11) is 0. The Kier molecular flexibility index (Phi) is 13.9. The molecular formula is C36H46N2O6S. The first-order valence-corrected chi connectivity index (χ1v) is 16.9. The van der Waals surface area contributed by atoms with Crippen LogP contribution in [0.1, 0.15) is 74.2 Å². The Balaban J connectivity index is 1.37. The fraction of sp³-hybridized carbons (Fsp3) is 0.444. The van der Waals surface area contributed by atoms with Gasteiger partial charge in [0, 0.05) is 49.4 Å². The number of hydrogen-bond acceptors (Lipinski definition) is 7. The molecule has 3 aromatic carbocycles. The molecule has 3 aromatic rings. The third kappa shape index (κ3) is 10.7. The van der Waals surface area contributed by atoms with Crippen LogP contribution in [-0.4, -0.2) is 52.8 Å². The second-order valence-electron chi connectivity index (χ2n) is 11.5. The summed E-state index contributed by atoms with van der Waals surface area (Å²) in [4.78, 5) is 23.3. The van der Waals surface area contributed by atoms with Gasteiger partial charge in [-0.15, -0.1) is 0 Å². The maximum absolute atomic E-state index is 12.3. The molecule has 0 spiro atoms. The number of ether oxygens (including phenoxy) is 2. The molecule has 0 unspecified atom stereocenters. The number of aliphatic hydroxyl groups is 2. The van der Waals surface area contributed by atoms with E-state index in [4.69, 9.17) is 9.47 Å². The van der Waals surface area contributed by atoms with E-state index in [0.29, 0.717) is 25.3 Å². The van der Waals surface area contributed by atoms with Crippen LogP contribution in [0.15, 0.2) is 72.8 Å². The molecule has 4 atom stereocenters. The van der Waals surface area contributed by atoms with E-state index in [2.05, 4.69) is 41.8 Å². The van der Waals surface area contributed by atoms with Gasteiger partial charge in [0.05, 0.1) is 25.4 Å². The van der Waals surface area contributed by atoms with Crippen molar-refractivity contribution in [2.24, 2.45) is 5.92 Å². The Morgan fingerprint density at radius 2 is 1.60 bits per heavy atom. The lowest BCUT2D eigenvalue weighted by Crippen LogP contribution is -2.38. The first kappa shape index (κ1) is 34.7. The predicted molar refractivity (Wildman–Crippen MR) is 178 cm³/mol. The topological polar surface area (TPSA) is 117 Å². The summed E-state index contributed by atoms with van der Waals surface area (Å²) in [5, 5.41) is 24.6. The van der Waals surface area contributed by atoms with Crippen LogP contribution in [0.4, 0.5) is 0 Å². The molecule has 4 rings (SSSR count). The average Bonchev–Trinajstić information content (AvgIpc) is 3.06. The average molecular weight is 635 g/mol. The van der Waals surface area contributed by atoms with Crippen molar-refractivity contribution in [1.29, 1.82) is 0 Å². The number of thioether (sulfide) groups is 1. The van der Waals surface area contributed by atoms with Crippen LogP contribution in [0.3, 0.4) is 0 Å². The van der Waals surface area contributed by atoms with E-state index in [-0.39, 0.29) is 43.2 Å². The molecule has 1 heterocycles. The molecule has 1 aliphatic rings. The largest absolute Gasteiger partial charge is 0.396 e. The van der Waals surface area contributed by atoms with Crippen LogP contribution in [0.5, 0.6) is 0 Å². The van der Waals surface area contributed by atoms with Gasteiger partial charge in [0.25, 0.3) is 0 Å². The van der Waals surface area contributed by atoms with Gasteiger partial charge in [-0.05, 0) is 46.7 Å². The minimum absolute atomic E-state index is 0.000442. The maximum atomic E-state index is 12.3. The third-order valence-corrected chi connectivity index (χ3v) is 9.06. The van der Waals surface area contributed by atoms with Gasteiger partial charge in [-0.3, -0.25) is 9.59 Å². The highest BCUT2D eigenvalue weighted by Gasteiger charge is 2.38. The Morgan fingerprint density at radius 1 is 0.844 bits per heavy atom. The number of carbonyl (C=O) groups is 2. The molecule has 0 saturated carbocycles. The fourth-order valence-corrected chi connectivity index (χ4v) is 6.32. The summed E-state index contributed by atoms with van der Waals surface area (Å²) < 4.78 is 13.0. The van der Waals surface area contributed by atoms with Crippen molar-refractivity contribution >= 4 is 23.6 Å². The molecule has 45 heavy (non-hydrogen) atoms. The van der Waals surface area contributed by atoms with Gasteiger partial charge in [0.2, 0.25) is 11.8 Å². The standard InChI is InChI=1S/C36H46N2O6S/c1-25-33(24-45-20-19-39)43-36(44-35(25)30-12-10-27(23-40)11-13-30)31-16-14-29(15-17-31)32-8-6-7-28(21-32)22-38-34(42)9-4-3-5-18-37-26(2)41/h6-8,10-17,21,25,33,35-36,39-40H,3-5,9,18-20,22-24H2,1-2H3,(H,37,41)(H,38,42)/t25-,33+,35+,36+/m0/s1. The van der Waals surface area contributed by atoms with Crippen LogP contribution in [0.25, 0.3) is 11.1 Å². The molecule has 1 aliphatic heterocycles. The zero-order valence-corrected chi connectivity index (χ0v) is 27.1. The maximum Gasteiger partial charge on any atom is 0.220 e. The lowest BCUT2D eigenvalue weighted by molar-refractivity contribution is -0.268. The van der Waals surface area contributed by atoms with Crippen LogP contribution in [0, 0.1) is 5.92 Å². The van der Waals surface area contributed by atoms with Gasteiger partial charge in [-0.25, -0.2) is 0 Å². The molecule has 242 valence electrons. The van der Waals surface area contributed by atoms with E-state index in [0.717, 1.165) is 58.4 Å². The lowest BCUT2D eigenvalue weighted by atomic mass is 9.91. The minimum Gasteiger partial charge on any atom is -0.396 e. The van der Waals surface area contributed by atoms with Crippen LogP contribution in [-0.2, 0) is 32.2 Å². The fourth-order valence-electron chi connectivity index (χ4n) is 5.41. The van der Waals surface area contributed by atoms with Gasteiger partial charge >= 0.3 is 0 Å². The van der Waals surface area contributed by atoms with E-state index < -0.39 is 6.29 Å². The van der Waals surface area contributed by atoms with Crippen molar-refractivity contribution in [3.63, 3.8) is 0 Å². The number of carbonyl (C=O) groups excluding carboxylic acids is 2. The van der Waals surface area contributed by atoms with Crippen molar-refractivity contribution in [2.75, 3.05) is 24.7 Å². The lowest BCUT2D eigenvalue weighted by Gasteiger charge is -2.41. The van der Waals surface area contributed by atoms with Gasteiger partial charge < -0.3 is 30.3 Å². The monoisotopic (exact) mass is 634 g/mol. The van der Waals surface area contributed by atoms with Crippen molar-refractivity contribution in [1.82, 2.24) is 10.6 Å². The van der Waals surface area contributed by atoms with E-state index >= 15 is 0 Å². The van der Waals surface area contributed by atoms with Crippen LogP contribution in [0.2, 0.25) is 0 Å². The summed E-state index contributed by atoms with van der Waals surface area (Å²) in [5.74, 6) is 1.52. The highest BCUT2D eigenvalue weighted by molar-refractivity contribution is 7.99. The molecule has 9 heteroatoms. The number of nitrogens with one attached hydrogen (secondary N) is 2. The number of aliphatic hydroxyl groups excluding tert-OH is 2. The summed E-state index contributed by atoms with van der Waals surface area (Å²) in [6.07, 6.45) is 2.27. The molecule has 1 saturated heterocycles. The normalized spacial score (nSPS) is 19.6. The number of amides is 2. The zero-order chi connectivity index (χ0) is 32.0. The van der Waals surface area contributed by atoms with Gasteiger partial charge in [0.15, 0.2) is 6.29 Å². The molecule has 0 aliphatic carbocycles.